The van der Waals surface area contributed by atoms with Gasteiger partial charge in [-0.15, -0.1) is 0 Å². The molecule has 4 amide bonds. The van der Waals surface area contributed by atoms with Crippen LogP contribution in [0, 0.1) is 5.92 Å². The summed E-state index contributed by atoms with van der Waals surface area (Å²) in [5, 5.41) is 17.1. The molecule has 34 heavy (non-hydrogen) atoms. The molecule has 13 heteroatoms. The van der Waals surface area contributed by atoms with Gasteiger partial charge in [0, 0.05) is 0 Å². The number of nitrogens with one attached hydrogen (secondary N) is 3. The van der Waals surface area contributed by atoms with Crippen molar-refractivity contribution < 1.29 is 29.1 Å². The van der Waals surface area contributed by atoms with Gasteiger partial charge < -0.3 is 38.3 Å². The molecule has 0 aliphatic rings. The quantitative estimate of drug-likeness (QED) is 0.110. The standard InChI is InChI=1S/C21H40N6O6S/c1-4-12(2)17(21(32)33)27-20(31)14(7-5-6-9-22)26-19(30)15(8-10-34-3)25-18(29)13(23)11-16(24)28/h12-15,17H,4-11,22-23H2,1-3H3,(H2,24,28)(H,25,29)(H,26,30)(H,27,31)(H,32,33). The minimum atomic E-state index is -1.21. The Kier molecular flexibility index (Phi) is 15.9. The fourth-order valence-electron chi connectivity index (χ4n) is 3.06. The van der Waals surface area contributed by atoms with Gasteiger partial charge in [-0.3, -0.25) is 19.2 Å². The van der Waals surface area contributed by atoms with Gasteiger partial charge in [0.15, 0.2) is 0 Å². The molecule has 0 spiro atoms. The lowest BCUT2D eigenvalue weighted by Gasteiger charge is -2.26. The molecule has 0 aliphatic carbocycles. The Bertz CT molecular complexity index is 695. The van der Waals surface area contributed by atoms with Crippen LogP contribution in [0.2, 0.25) is 0 Å². The molecule has 0 saturated heterocycles. The van der Waals surface area contributed by atoms with E-state index in [0.717, 1.165) is 0 Å². The van der Waals surface area contributed by atoms with Gasteiger partial charge in [0.25, 0.3) is 0 Å². The number of aliphatic carboxylic acids is 1. The molecule has 0 heterocycles. The Balaban J connectivity index is 5.52. The smallest absolute Gasteiger partial charge is 0.326 e. The largest absolute Gasteiger partial charge is 0.480 e. The third-order valence-corrected chi connectivity index (χ3v) is 6.00. The van der Waals surface area contributed by atoms with Crippen molar-refractivity contribution in [2.75, 3.05) is 18.6 Å². The Hall–Kier alpha value is -2.38. The molecule has 10 N–H and O–H groups in total. The SMILES string of the molecule is CCC(C)C(NC(=O)C(CCCCN)NC(=O)C(CCSC)NC(=O)C(N)CC(N)=O)C(=O)O. The number of carboxylic acids is 1. The van der Waals surface area contributed by atoms with Crippen LogP contribution in [-0.4, -0.2) is 77.4 Å². The van der Waals surface area contributed by atoms with Crippen molar-refractivity contribution in [3.05, 3.63) is 0 Å². The normalized spacial score (nSPS) is 15.3. The average Bonchev–Trinajstić information content (AvgIpc) is 2.77. The molecular formula is C21H40N6O6S. The van der Waals surface area contributed by atoms with Crippen molar-refractivity contribution >= 4 is 41.4 Å². The molecule has 0 rings (SSSR count). The third kappa shape index (κ3) is 12.2. The van der Waals surface area contributed by atoms with Gasteiger partial charge in [-0.2, -0.15) is 11.8 Å². The van der Waals surface area contributed by atoms with Gasteiger partial charge in [-0.25, -0.2) is 4.79 Å². The molecule has 0 fully saturated rings. The minimum absolute atomic E-state index is 0.242. The molecule has 0 aromatic carbocycles. The molecule has 12 nitrogen and oxygen atoms in total. The topological polar surface area (TPSA) is 220 Å². The molecule has 0 bridgehead atoms. The van der Waals surface area contributed by atoms with Gasteiger partial charge in [-0.05, 0) is 50.2 Å². The van der Waals surface area contributed by atoms with Gasteiger partial charge >= 0.3 is 5.97 Å². The monoisotopic (exact) mass is 504 g/mol. The van der Waals surface area contributed by atoms with E-state index in [0.29, 0.717) is 31.6 Å². The molecule has 5 atom stereocenters. The average molecular weight is 505 g/mol. The minimum Gasteiger partial charge on any atom is -0.480 e. The summed E-state index contributed by atoms with van der Waals surface area (Å²) in [6.45, 7) is 3.93. The zero-order chi connectivity index (χ0) is 26.3. The van der Waals surface area contributed by atoms with Crippen LogP contribution in [-0.2, 0) is 24.0 Å². The first-order valence-electron chi connectivity index (χ1n) is 11.3. The molecule has 196 valence electrons. The summed E-state index contributed by atoms with van der Waals surface area (Å²) < 4.78 is 0. The molecule has 0 aromatic rings. The van der Waals surface area contributed by atoms with E-state index in [9.17, 15) is 29.1 Å². The summed E-state index contributed by atoms with van der Waals surface area (Å²) in [6.07, 6.45) is 3.63. The van der Waals surface area contributed by atoms with Crippen molar-refractivity contribution in [1.82, 2.24) is 16.0 Å². The second-order valence-corrected chi connectivity index (χ2v) is 9.16. The van der Waals surface area contributed by atoms with Crippen LogP contribution < -0.4 is 33.2 Å². The number of amides is 4. The predicted octanol–water partition coefficient (Wildman–Crippen LogP) is -1.34. The molecule has 0 aromatic heterocycles. The number of unbranched alkanes of at least 4 members (excludes halogenated alkanes) is 1. The van der Waals surface area contributed by atoms with E-state index in [1.807, 2.05) is 13.2 Å². The third-order valence-electron chi connectivity index (χ3n) is 5.36. The highest BCUT2D eigenvalue weighted by molar-refractivity contribution is 7.98. The van der Waals surface area contributed by atoms with Crippen LogP contribution in [0.1, 0.15) is 52.4 Å². The maximum Gasteiger partial charge on any atom is 0.326 e. The number of carbonyl (C=O) groups excluding carboxylic acids is 4. The van der Waals surface area contributed by atoms with Crippen LogP contribution in [0.25, 0.3) is 0 Å². The number of primary amides is 1. The van der Waals surface area contributed by atoms with Crippen molar-refractivity contribution in [2.45, 2.75) is 76.5 Å². The predicted molar refractivity (Wildman–Crippen MR) is 131 cm³/mol. The van der Waals surface area contributed by atoms with Crippen molar-refractivity contribution in [1.29, 1.82) is 0 Å². The summed E-state index contributed by atoms with van der Waals surface area (Å²) in [4.78, 5) is 60.9. The Labute approximate surface area is 204 Å². The molecular weight excluding hydrogens is 464 g/mol. The van der Waals surface area contributed by atoms with E-state index < -0.39 is 53.8 Å². The Morgan fingerprint density at radius 1 is 0.941 bits per heavy atom. The maximum absolute atomic E-state index is 13.0. The second kappa shape index (κ2) is 17.1. The highest BCUT2D eigenvalue weighted by atomic mass is 32.2. The Morgan fingerprint density at radius 3 is 2.00 bits per heavy atom. The Morgan fingerprint density at radius 2 is 1.50 bits per heavy atom. The molecule has 0 radical (unpaired) electrons. The highest BCUT2D eigenvalue weighted by Crippen LogP contribution is 2.10. The van der Waals surface area contributed by atoms with E-state index in [1.165, 1.54) is 11.8 Å². The molecule has 0 saturated carbocycles. The fourth-order valence-corrected chi connectivity index (χ4v) is 3.53. The van der Waals surface area contributed by atoms with Crippen molar-refractivity contribution in [2.24, 2.45) is 23.1 Å². The summed E-state index contributed by atoms with van der Waals surface area (Å²) in [7, 11) is 0. The lowest BCUT2D eigenvalue weighted by molar-refractivity contribution is -0.144. The van der Waals surface area contributed by atoms with Crippen LogP contribution in [0.4, 0.5) is 0 Å². The number of hydrogen-bond donors (Lipinski definition) is 7. The maximum atomic E-state index is 13.0. The van der Waals surface area contributed by atoms with Crippen LogP contribution in [0.5, 0.6) is 0 Å². The first kappa shape index (κ1) is 31.6. The number of carboxylic acid groups (broad SMARTS) is 1. The number of thioether (sulfide) groups is 1. The summed E-state index contributed by atoms with van der Waals surface area (Å²) in [5.74, 6) is -3.66. The number of rotatable bonds is 18. The van der Waals surface area contributed by atoms with E-state index in [2.05, 4.69) is 16.0 Å². The lowest BCUT2D eigenvalue weighted by atomic mass is 9.98. The lowest BCUT2D eigenvalue weighted by Crippen LogP contribution is -2.58. The number of nitrogens with two attached hydrogens (primary N) is 3. The number of carbonyl (C=O) groups is 5. The first-order chi connectivity index (χ1) is 16.0. The van der Waals surface area contributed by atoms with Crippen molar-refractivity contribution in [3.8, 4) is 0 Å². The van der Waals surface area contributed by atoms with E-state index >= 15 is 0 Å². The van der Waals surface area contributed by atoms with E-state index in [-0.39, 0.29) is 25.2 Å². The second-order valence-electron chi connectivity index (χ2n) is 8.18. The van der Waals surface area contributed by atoms with Crippen molar-refractivity contribution in [3.63, 3.8) is 0 Å². The summed E-state index contributed by atoms with van der Waals surface area (Å²) >= 11 is 1.46. The zero-order valence-corrected chi connectivity index (χ0v) is 21.0. The fraction of sp³-hybridized carbons (Fsp3) is 0.762. The number of hydrogen-bond acceptors (Lipinski definition) is 8. The highest BCUT2D eigenvalue weighted by Gasteiger charge is 2.31. The summed E-state index contributed by atoms with van der Waals surface area (Å²) in [5.41, 5.74) is 16.3. The van der Waals surface area contributed by atoms with E-state index in [4.69, 9.17) is 17.2 Å². The van der Waals surface area contributed by atoms with Gasteiger partial charge in [0.05, 0.1) is 12.5 Å². The van der Waals surface area contributed by atoms with E-state index in [1.54, 1.807) is 6.92 Å². The van der Waals surface area contributed by atoms with Crippen LogP contribution in [0.15, 0.2) is 0 Å². The van der Waals surface area contributed by atoms with Gasteiger partial charge in [0.1, 0.15) is 18.1 Å². The van der Waals surface area contributed by atoms with Gasteiger partial charge in [0.2, 0.25) is 23.6 Å². The van der Waals surface area contributed by atoms with Crippen LogP contribution >= 0.6 is 11.8 Å². The zero-order valence-electron chi connectivity index (χ0n) is 20.2. The van der Waals surface area contributed by atoms with Gasteiger partial charge in [-0.1, -0.05) is 20.3 Å². The first-order valence-corrected chi connectivity index (χ1v) is 12.7. The summed E-state index contributed by atoms with van der Waals surface area (Å²) in [6, 6.07) is -4.34. The van der Waals surface area contributed by atoms with Crippen LogP contribution in [0.3, 0.4) is 0 Å². The molecule has 0 aliphatic heterocycles. The molecule has 5 unspecified atom stereocenters.